The molecule has 0 spiro atoms. The van der Waals surface area contributed by atoms with Gasteiger partial charge in [-0.1, -0.05) is 90.2 Å². The first kappa shape index (κ1) is 23.6. The average molecular weight is 399 g/mol. The second kappa shape index (κ2) is 15.6. The van der Waals surface area contributed by atoms with Crippen LogP contribution in [0.15, 0.2) is 34.1 Å². The molecule has 2 unspecified atom stereocenters. The van der Waals surface area contributed by atoms with Gasteiger partial charge in [0.2, 0.25) is 0 Å². The summed E-state index contributed by atoms with van der Waals surface area (Å²) in [5.41, 5.74) is 0. The quantitative estimate of drug-likeness (QED) is 0.293. The molecule has 1 rings (SSSR count). The van der Waals surface area contributed by atoms with Gasteiger partial charge in [0, 0.05) is 11.5 Å². The van der Waals surface area contributed by atoms with E-state index in [9.17, 15) is 8.42 Å². The number of hydrogen-bond acceptors (Lipinski definition) is 2. The van der Waals surface area contributed by atoms with Crippen LogP contribution in [0.3, 0.4) is 0 Å². The van der Waals surface area contributed by atoms with Gasteiger partial charge in [-0.3, -0.25) is 8.42 Å². The summed E-state index contributed by atoms with van der Waals surface area (Å²) in [6.45, 7) is 4.44. The summed E-state index contributed by atoms with van der Waals surface area (Å²) in [5, 5.41) is 0. The first-order valence-corrected chi connectivity index (χ1v) is 13.2. The highest BCUT2D eigenvalue weighted by Gasteiger charge is 2.14. The van der Waals surface area contributed by atoms with Crippen molar-refractivity contribution in [3.63, 3.8) is 0 Å². The van der Waals surface area contributed by atoms with E-state index in [4.69, 9.17) is 0 Å². The van der Waals surface area contributed by atoms with Gasteiger partial charge in [0.1, 0.15) is 0 Å². The van der Waals surface area contributed by atoms with Crippen LogP contribution in [0.5, 0.6) is 0 Å². The third kappa shape index (κ3) is 10.0. The minimum absolute atomic E-state index is 0.692. The fraction of sp³-hybridized carbons (Fsp3) is 0.727. The first-order chi connectivity index (χ1) is 12.7. The SMILES string of the molecule is CCCCCCCCS(=O)c1ccccc1S(=O)CCCCCCCC. The summed E-state index contributed by atoms with van der Waals surface area (Å²) in [6.07, 6.45) is 14.4. The maximum absolute atomic E-state index is 12.7. The molecule has 2 atom stereocenters. The van der Waals surface area contributed by atoms with E-state index in [1.165, 1.54) is 51.4 Å². The molecule has 0 N–H and O–H groups in total. The van der Waals surface area contributed by atoms with Gasteiger partial charge in [0.25, 0.3) is 0 Å². The van der Waals surface area contributed by atoms with E-state index >= 15 is 0 Å². The Morgan fingerprint density at radius 2 is 0.923 bits per heavy atom. The highest BCUT2D eigenvalue weighted by atomic mass is 32.2. The lowest BCUT2D eigenvalue weighted by Crippen LogP contribution is -2.06. The Morgan fingerprint density at radius 1 is 0.577 bits per heavy atom. The predicted octanol–water partition coefficient (Wildman–Crippen LogP) is 6.62. The maximum atomic E-state index is 12.7. The van der Waals surface area contributed by atoms with E-state index in [0.29, 0.717) is 11.5 Å². The third-order valence-electron chi connectivity index (χ3n) is 4.71. The van der Waals surface area contributed by atoms with Crippen molar-refractivity contribution in [3.8, 4) is 0 Å². The Bertz CT molecular complexity index is 482. The van der Waals surface area contributed by atoms with Gasteiger partial charge in [-0.2, -0.15) is 0 Å². The van der Waals surface area contributed by atoms with Gasteiger partial charge >= 0.3 is 0 Å². The fourth-order valence-corrected chi connectivity index (χ4v) is 6.05. The van der Waals surface area contributed by atoms with Crippen LogP contribution in [0.4, 0.5) is 0 Å². The molecule has 2 nitrogen and oxygen atoms in total. The molecule has 0 aliphatic heterocycles. The van der Waals surface area contributed by atoms with Crippen molar-refractivity contribution in [1.29, 1.82) is 0 Å². The number of benzene rings is 1. The molecule has 1 aromatic rings. The van der Waals surface area contributed by atoms with Crippen molar-refractivity contribution in [3.05, 3.63) is 24.3 Å². The zero-order valence-electron chi connectivity index (χ0n) is 16.8. The molecule has 0 aliphatic rings. The van der Waals surface area contributed by atoms with Crippen molar-refractivity contribution in [2.75, 3.05) is 11.5 Å². The largest absolute Gasteiger partial charge is 0.254 e. The van der Waals surface area contributed by atoms with Gasteiger partial charge in [-0.05, 0) is 25.0 Å². The maximum Gasteiger partial charge on any atom is 0.0549 e. The van der Waals surface area contributed by atoms with E-state index in [1.807, 2.05) is 24.3 Å². The second-order valence-electron chi connectivity index (χ2n) is 7.08. The second-order valence-corrected chi connectivity index (χ2v) is 10.2. The van der Waals surface area contributed by atoms with Crippen LogP contribution >= 0.6 is 0 Å². The van der Waals surface area contributed by atoms with Gasteiger partial charge in [-0.15, -0.1) is 0 Å². The third-order valence-corrected chi connectivity index (χ3v) is 7.85. The first-order valence-electron chi connectivity index (χ1n) is 10.6. The van der Waals surface area contributed by atoms with Crippen LogP contribution in [-0.2, 0) is 21.6 Å². The van der Waals surface area contributed by atoms with Gasteiger partial charge in [0.05, 0.1) is 31.4 Å². The Hall–Kier alpha value is -0.480. The summed E-state index contributed by atoms with van der Waals surface area (Å²) in [7, 11) is -2.05. The molecule has 4 heteroatoms. The standard InChI is InChI=1S/C22H38O2S2/c1-3-5-7-9-11-15-19-25(23)21-17-13-14-18-22(21)26(24)20-16-12-10-8-6-4-2/h13-14,17-18H,3-12,15-16,19-20H2,1-2H3. The zero-order chi connectivity index (χ0) is 19.0. The van der Waals surface area contributed by atoms with Gasteiger partial charge in [0.15, 0.2) is 0 Å². The van der Waals surface area contributed by atoms with E-state index < -0.39 is 21.6 Å². The monoisotopic (exact) mass is 398 g/mol. The zero-order valence-corrected chi connectivity index (χ0v) is 18.5. The number of hydrogen-bond donors (Lipinski definition) is 0. The molecule has 0 fully saturated rings. The molecule has 26 heavy (non-hydrogen) atoms. The van der Waals surface area contributed by atoms with Crippen molar-refractivity contribution < 1.29 is 8.42 Å². The van der Waals surface area contributed by atoms with Crippen molar-refractivity contribution in [2.45, 2.75) is 101 Å². The topological polar surface area (TPSA) is 34.1 Å². The lowest BCUT2D eigenvalue weighted by molar-refractivity contribution is 0.620. The van der Waals surface area contributed by atoms with E-state index in [1.54, 1.807) is 0 Å². The van der Waals surface area contributed by atoms with E-state index in [-0.39, 0.29) is 0 Å². The molecule has 0 radical (unpaired) electrons. The van der Waals surface area contributed by atoms with Gasteiger partial charge < -0.3 is 0 Å². The van der Waals surface area contributed by atoms with E-state index in [0.717, 1.165) is 35.5 Å². The minimum Gasteiger partial charge on any atom is -0.254 e. The van der Waals surface area contributed by atoms with Crippen molar-refractivity contribution >= 4 is 21.6 Å². The van der Waals surface area contributed by atoms with Crippen molar-refractivity contribution in [1.82, 2.24) is 0 Å². The molecule has 0 saturated heterocycles. The van der Waals surface area contributed by atoms with Crippen LogP contribution in [0.25, 0.3) is 0 Å². The lowest BCUT2D eigenvalue weighted by atomic mass is 10.1. The molecule has 1 aromatic carbocycles. The van der Waals surface area contributed by atoms with Crippen LogP contribution in [0.1, 0.15) is 90.9 Å². The molecule has 0 aromatic heterocycles. The van der Waals surface area contributed by atoms with Crippen LogP contribution < -0.4 is 0 Å². The van der Waals surface area contributed by atoms with Crippen LogP contribution in [0.2, 0.25) is 0 Å². The smallest absolute Gasteiger partial charge is 0.0549 e. The number of unbranched alkanes of at least 4 members (excludes halogenated alkanes) is 10. The molecular weight excluding hydrogens is 360 g/mol. The molecule has 150 valence electrons. The summed E-state index contributed by atoms with van der Waals surface area (Å²) in [5.74, 6) is 1.38. The summed E-state index contributed by atoms with van der Waals surface area (Å²) < 4.78 is 25.4. The summed E-state index contributed by atoms with van der Waals surface area (Å²) in [6, 6.07) is 7.64. The Balaban J connectivity index is 2.42. The molecule has 0 amide bonds. The van der Waals surface area contributed by atoms with Crippen LogP contribution in [0, 0.1) is 0 Å². The molecule has 0 heterocycles. The Kier molecular flexibility index (Phi) is 14.1. The van der Waals surface area contributed by atoms with Crippen LogP contribution in [-0.4, -0.2) is 19.9 Å². The highest BCUT2D eigenvalue weighted by molar-refractivity contribution is 7.88. The lowest BCUT2D eigenvalue weighted by Gasteiger charge is -2.09. The average Bonchev–Trinajstić information content (AvgIpc) is 2.67. The molecular formula is C22H38O2S2. The minimum atomic E-state index is -1.03. The molecule has 0 saturated carbocycles. The fourth-order valence-electron chi connectivity index (χ4n) is 3.07. The Morgan fingerprint density at radius 3 is 1.31 bits per heavy atom. The van der Waals surface area contributed by atoms with Gasteiger partial charge in [-0.25, -0.2) is 0 Å². The summed E-state index contributed by atoms with van der Waals surface area (Å²) >= 11 is 0. The molecule has 0 bridgehead atoms. The van der Waals surface area contributed by atoms with Crippen molar-refractivity contribution in [2.24, 2.45) is 0 Å². The summed E-state index contributed by atoms with van der Waals surface area (Å²) in [4.78, 5) is 1.59. The van der Waals surface area contributed by atoms with E-state index in [2.05, 4.69) is 13.8 Å². The molecule has 0 aliphatic carbocycles. The predicted molar refractivity (Wildman–Crippen MR) is 116 cm³/mol. The number of rotatable bonds is 16. The highest BCUT2D eigenvalue weighted by Crippen LogP contribution is 2.20. The Labute approximate surface area is 166 Å². The normalized spacial score (nSPS) is 13.6.